The van der Waals surface area contributed by atoms with Crippen molar-refractivity contribution < 1.29 is 0 Å². The third-order valence-corrected chi connectivity index (χ3v) is 3.67. The summed E-state index contributed by atoms with van der Waals surface area (Å²) in [6.07, 6.45) is 0. The van der Waals surface area contributed by atoms with Gasteiger partial charge in [0.05, 0.1) is 16.4 Å². The van der Waals surface area contributed by atoms with Crippen molar-refractivity contribution in [1.29, 1.82) is 0 Å². The first-order valence-corrected chi connectivity index (χ1v) is 6.80. The highest BCUT2D eigenvalue weighted by Gasteiger charge is 2.04. The molecule has 0 fully saturated rings. The van der Waals surface area contributed by atoms with Gasteiger partial charge in [-0.3, -0.25) is 0 Å². The van der Waals surface area contributed by atoms with Crippen molar-refractivity contribution in [2.45, 2.75) is 0 Å². The third kappa shape index (κ3) is 3.15. The van der Waals surface area contributed by atoms with Crippen molar-refractivity contribution in [3.05, 3.63) is 50.4 Å². The lowest BCUT2D eigenvalue weighted by atomic mass is 10.2. The zero-order valence-electron chi connectivity index (χ0n) is 8.68. The predicted molar refractivity (Wildman–Crippen MR) is 81.0 cm³/mol. The van der Waals surface area contributed by atoms with Crippen LogP contribution in [-0.4, -0.2) is 0 Å². The van der Waals surface area contributed by atoms with Crippen LogP contribution in [0.25, 0.3) is 0 Å². The Hall–Kier alpha value is -0.710. The van der Waals surface area contributed by atoms with E-state index in [1.807, 2.05) is 36.4 Å². The van der Waals surface area contributed by atoms with Gasteiger partial charge in [-0.1, -0.05) is 27.5 Å². The maximum atomic E-state index is 6.11. The molecular formula is C12H9Br2ClN2. The number of anilines is 3. The van der Waals surface area contributed by atoms with Crippen LogP contribution in [0.4, 0.5) is 17.1 Å². The molecule has 0 heterocycles. The van der Waals surface area contributed by atoms with E-state index >= 15 is 0 Å². The van der Waals surface area contributed by atoms with Crippen LogP contribution in [0.3, 0.4) is 0 Å². The van der Waals surface area contributed by atoms with Gasteiger partial charge in [0.15, 0.2) is 0 Å². The van der Waals surface area contributed by atoms with Crippen LogP contribution in [0, 0.1) is 0 Å². The largest absolute Gasteiger partial charge is 0.399 e. The predicted octanol–water partition coefficient (Wildman–Crippen LogP) is 5.19. The number of hydrogen-bond acceptors (Lipinski definition) is 2. The molecule has 0 saturated heterocycles. The Morgan fingerprint density at radius 2 is 1.76 bits per heavy atom. The zero-order valence-corrected chi connectivity index (χ0v) is 12.6. The Kier molecular flexibility index (Phi) is 3.97. The SMILES string of the molecule is Nc1ccc(Nc2cc(Br)ccc2Cl)c(Br)c1. The van der Waals surface area contributed by atoms with Crippen molar-refractivity contribution in [2.24, 2.45) is 0 Å². The van der Waals surface area contributed by atoms with Crippen molar-refractivity contribution >= 4 is 60.5 Å². The number of hydrogen-bond donors (Lipinski definition) is 2. The number of benzene rings is 2. The molecule has 2 rings (SSSR count). The van der Waals surface area contributed by atoms with E-state index in [2.05, 4.69) is 37.2 Å². The average Bonchev–Trinajstić information content (AvgIpc) is 2.27. The first kappa shape index (κ1) is 12.7. The van der Waals surface area contributed by atoms with Gasteiger partial charge in [-0.25, -0.2) is 0 Å². The monoisotopic (exact) mass is 374 g/mol. The molecule has 0 saturated carbocycles. The number of nitrogen functional groups attached to an aromatic ring is 1. The van der Waals surface area contributed by atoms with Gasteiger partial charge in [0.25, 0.3) is 0 Å². The summed E-state index contributed by atoms with van der Waals surface area (Å²) in [5.41, 5.74) is 8.15. The second kappa shape index (κ2) is 5.29. The number of nitrogens with one attached hydrogen (secondary N) is 1. The summed E-state index contributed by atoms with van der Waals surface area (Å²) in [7, 11) is 0. The lowest BCUT2D eigenvalue weighted by molar-refractivity contribution is 1.51. The maximum absolute atomic E-state index is 6.11. The molecule has 17 heavy (non-hydrogen) atoms. The summed E-state index contributed by atoms with van der Waals surface area (Å²) in [4.78, 5) is 0. The minimum atomic E-state index is 0.664. The van der Waals surface area contributed by atoms with E-state index in [-0.39, 0.29) is 0 Å². The van der Waals surface area contributed by atoms with Crippen LogP contribution in [0.2, 0.25) is 5.02 Å². The maximum Gasteiger partial charge on any atom is 0.0641 e. The van der Waals surface area contributed by atoms with Gasteiger partial charge in [0, 0.05) is 14.6 Å². The molecule has 2 nitrogen and oxygen atoms in total. The van der Waals surface area contributed by atoms with Gasteiger partial charge in [-0.05, 0) is 52.3 Å². The van der Waals surface area contributed by atoms with Crippen LogP contribution in [0.15, 0.2) is 45.3 Å². The summed E-state index contributed by atoms with van der Waals surface area (Å²) in [5, 5.41) is 3.91. The van der Waals surface area contributed by atoms with Gasteiger partial charge in [-0.2, -0.15) is 0 Å². The Bertz CT molecular complexity index is 558. The van der Waals surface area contributed by atoms with Crippen LogP contribution in [0.5, 0.6) is 0 Å². The molecule has 0 aliphatic carbocycles. The summed E-state index contributed by atoms with van der Waals surface area (Å²) < 4.78 is 1.87. The fourth-order valence-corrected chi connectivity index (χ4v) is 2.39. The first-order chi connectivity index (χ1) is 8.06. The molecule has 2 aromatic carbocycles. The molecule has 3 N–H and O–H groups in total. The molecule has 2 aromatic rings. The van der Waals surface area contributed by atoms with Crippen LogP contribution in [-0.2, 0) is 0 Å². The van der Waals surface area contributed by atoms with Crippen molar-refractivity contribution in [1.82, 2.24) is 0 Å². The van der Waals surface area contributed by atoms with E-state index in [9.17, 15) is 0 Å². The summed E-state index contributed by atoms with van der Waals surface area (Å²) >= 11 is 13.0. The third-order valence-electron chi connectivity index (χ3n) is 2.19. The first-order valence-electron chi connectivity index (χ1n) is 4.83. The summed E-state index contributed by atoms with van der Waals surface area (Å²) in [5.74, 6) is 0. The van der Waals surface area contributed by atoms with Crippen molar-refractivity contribution in [3.63, 3.8) is 0 Å². The summed E-state index contributed by atoms with van der Waals surface area (Å²) in [6, 6.07) is 11.2. The van der Waals surface area contributed by atoms with Crippen LogP contribution in [0.1, 0.15) is 0 Å². The van der Waals surface area contributed by atoms with E-state index in [4.69, 9.17) is 17.3 Å². The lowest BCUT2D eigenvalue weighted by Gasteiger charge is -2.11. The van der Waals surface area contributed by atoms with Crippen LogP contribution >= 0.6 is 43.5 Å². The van der Waals surface area contributed by atoms with Crippen molar-refractivity contribution in [2.75, 3.05) is 11.1 Å². The molecule has 0 aliphatic heterocycles. The van der Waals surface area contributed by atoms with E-state index in [0.717, 1.165) is 20.3 Å². The van der Waals surface area contributed by atoms with E-state index in [0.29, 0.717) is 10.7 Å². The fraction of sp³-hybridized carbons (Fsp3) is 0. The van der Waals surface area contributed by atoms with Gasteiger partial charge in [-0.15, -0.1) is 0 Å². The Morgan fingerprint density at radius 3 is 2.47 bits per heavy atom. The van der Waals surface area contributed by atoms with E-state index < -0.39 is 0 Å². The second-order valence-corrected chi connectivity index (χ2v) is 5.67. The zero-order chi connectivity index (χ0) is 12.4. The quantitative estimate of drug-likeness (QED) is 0.708. The molecule has 0 spiro atoms. The summed E-state index contributed by atoms with van der Waals surface area (Å²) in [6.45, 7) is 0. The molecule has 0 aromatic heterocycles. The second-order valence-electron chi connectivity index (χ2n) is 3.49. The van der Waals surface area contributed by atoms with Gasteiger partial charge in [0.2, 0.25) is 0 Å². The fourth-order valence-electron chi connectivity index (χ4n) is 1.37. The topological polar surface area (TPSA) is 38.0 Å². The van der Waals surface area contributed by atoms with Gasteiger partial charge < -0.3 is 11.1 Å². The Morgan fingerprint density at radius 1 is 1.00 bits per heavy atom. The van der Waals surface area contributed by atoms with Crippen molar-refractivity contribution in [3.8, 4) is 0 Å². The number of halogens is 3. The smallest absolute Gasteiger partial charge is 0.0641 e. The molecule has 0 bridgehead atoms. The Balaban J connectivity index is 2.34. The van der Waals surface area contributed by atoms with Gasteiger partial charge in [0.1, 0.15) is 0 Å². The Labute approximate surface area is 121 Å². The highest BCUT2D eigenvalue weighted by molar-refractivity contribution is 9.10. The molecular weight excluding hydrogens is 367 g/mol. The lowest BCUT2D eigenvalue weighted by Crippen LogP contribution is -1.93. The molecule has 0 atom stereocenters. The molecule has 0 unspecified atom stereocenters. The van der Waals surface area contributed by atoms with E-state index in [1.165, 1.54) is 0 Å². The van der Waals surface area contributed by atoms with Crippen LogP contribution < -0.4 is 11.1 Å². The molecule has 0 aliphatic rings. The highest BCUT2D eigenvalue weighted by atomic mass is 79.9. The number of nitrogens with two attached hydrogens (primary N) is 1. The molecule has 5 heteroatoms. The molecule has 0 amide bonds. The minimum Gasteiger partial charge on any atom is -0.399 e. The molecule has 0 radical (unpaired) electrons. The number of rotatable bonds is 2. The van der Waals surface area contributed by atoms with Gasteiger partial charge >= 0.3 is 0 Å². The van der Waals surface area contributed by atoms with E-state index in [1.54, 1.807) is 0 Å². The highest BCUT2D eigenvalue weighted by Crippen LogP contribution is 2.32. The normalized spacial score (nSPS) is 10.3. The minimum absolute atomic E-state index is 0.664. The molecule has 88 valence electrons. The standard InChI is InChI=1S/C12H9Br2ClN2/c13-7-1-3-10(15)12(5-7)17-11-4-2-8(16)6-9(11)14/h1-6,17H,16H2. The average molecular weight is 376 g/mol.